The first-order valence-corrected chi connectivity index (χ1v) is 11.7. The average Bonchev–Trinajstić information content (AvgIpc) is 2.84. The van der Waals surface area contributed by atoms with Crippen LogP contribution in [0, 0.1) is 5.92 Å². The zero-order chi connectivity index (χ0) is 21.3. The number of benzene rings is 3. The van der Waals surface area contributed by atoms with E-state index in [-0.39, 0.29) is 5.54 Å². The Morgan fingerprint density at radius 3 is 1.68 bits per heavy atom. The summed E-state index contributed by atoms with van der Waals surface area (Å²) in [7, 11) is 4.59. The summed E-state index contributed by atoms with van der Waals surface area (Å²) in [6, 6.07) is 33.9. The van der Waals surface area contributed by atoms with E-state index in [1.807, 2.05) is 0 Å². The zero-order valence-corrected chi connectivity index (χ0v) is 18.7. The Morgan fingerprint density at radius 2 is 1.19 bits per heavy atom. The van der Waals surface area contributed by atoms with E-state index in [2.05, 4.69) is 115 Å². The molecular formula is C29H34N2. The Morgan fingerprint density at radius 1 is 0.710 bits per heavy atom. The van der Waals surface area contributed by atoms with E-state index >= 15 is 0 Å². The smallest absolute Gasteiger partial charge is 0.0230 e. The summed E-state index contributed by atoms with van der Waals surface area (Å²) in [6.07, 6.45) is 3.73. The molecular weight excluding hydrogens is 376 g/mol. The van der Waals surface area contributed by atoms with Gasteiger partial charge < -0.3 is 10.2 Å². The highest BCUT2D eigenvalue weighted by Crippen LogP contribution is 2.59. The van der Waals surface area contributed by atoms with Crippen molar-refractivity contribution in [2.24, 2.45) is 5.92 Å². The van der Waals surface area contributed by atoms with Crippen molar-refractivity contribution in [3.63, 3.8) is 0 Å². The van der Waals surface area contributed by atoms with Crippen molar-refractivity contribution in [1.29, 1.82) is 0 Å². The normalized spacial score (nSPS) is 29.9. The molecule has 2 heteroatoms. The lowest BCUT2D eigenvalue weighted by molar-refractivity contribution is -0.0323. The first-order chi connectivity index (χ1) is 15.2. The minimum Gasteiger partial charge on any atom is -0.310 e. The van der Waals surface area contributed by atoms with Crippen LogP contribution in [0.4, 0.5) is 0 Å². The fraction of sp³-hybridized carbons (Fsp3) is 0.379. The molecule has 0 radical (unpaired) electrons. The molecule has 0 saturated heterocycles. The first-order valence-electron chi connectivity index (χ1n) is 11.7. The third-order valence-electron chi connectivity index (χ3n) is 8.01. The molecule has 3 aromatic carbocycles. The lowest BCUT2D eigenvalue weighted by Gasteiger charge is -2.61. The van der Waals surface area contributed by atoms with Gasteiger partial charge in [-0.1, -0.05) is 91.0 Å². The van der Waals surface area contributed by atoms with Crippen LogP contribution < -0.4 is 5.32 Å². The number of rotatable bonds is 6. The van der Waals surface area contributed by atoms with Crippen molar-refractivity contribution < 1.29 is 0 Å². The zero-order valence-electron chi connectivity index (χ0n) is 18.7. The maximum absolute atomic E-state index is 4.02. The lowest BCUT2D eigenvalue weighted by Crippen LogP contribution is -2.63. The van der Waals surface area contributed by atoms with Gasteiger partial charge in [0.2, 0.25) is 0 Å². The summed E-state index contributed by atoms with van der Waals surface area (Å²) in [5, 5.41) is 4.02. The van der Waals surface area contributed by atoms with Crippen LogP contribution in [-0.2, 0) is 6.54 Å². The van der Waals surface area contributed by atoms with Gasteiger partial charge in [0, 0.05) is 18.1 Å². The number of nitrogens with zero attached hydrogens (tertiary/aromatic N) is 1. The molecule has 3 aliphatic rings. The van der Waals surface area contributed by atoms with E-state index in [1.165, 1.54) is 36.0 Å². The van der Waals surface area contributed by atoms with Crippen LogP contribution in [0.2, 0.25) is 0 Å². The molecule has 3 aliphatic carbocycles. The maximum atomic E-state index is 4.02. The second-order valence-electron chi connectivity index (χ2n) is 9.82. The Kier molecular flexibility index (Phi) is 5.69. The molecule has 0 spiro atoms. The fourth-order valence-corrected chi connectivity index (χ4v) is 6.41. The summed E-state index contributed by atoms with van der Waals surface area (Å²) in [5.74, 6) is 1.75. The largest absolute Gasteiger partial charge is 0.310 e. The first kappa shape index (κ1) is 20.5. The van der Waals surface area contributed by atoms with Gasteiger partial charge in [0.15, 0.2) is 0 Å². The van der Waals surface area contributed by atoms with Crippen molar-refractivity contribution in [3.8, 4) is 0 Å². The van der Waals surface area contributed by atoms with Crippen molar-refractivity contribution >= 4 is 0 Å². The van der Waals surface area contributed by atoms with E-state index in [9.17, 15) is 0 Å². The van der Waals surface area contributed by atoms with E-state index < -0.39 is 0 Å². The van der Waals surface area contributed by atoms with Crippen molar-refractivity contribution in [2.45, 2.75) is 49.2 Å². The molecule has 1 N–H and O–H groups in total. The minimum absolute atomic E-state index is 0.226. The third-order valence-corrected chi connectivity index (χ3v) is 8.01. The highest BCUT2D eigenvalue weighted by Gasteiger charge is 2.56. The molecule has 3 atom stereocenters. The lowest BCUT2D eigenvalue weighted by atomic mass is 9.51. The SMILES string of the molecule is CN(C)C12CC(NCc3ccccc3)C(C(c3ccccc3)C1)C(c1ccccc1)C2. The molecule has 0 aromatic heterocycles. The van der Waals surface area contributed by atoms with Gasteiger partial charge in [-0.2, -0.15) is 0 Å². The van der Waals surface area contributed by atoms with Crippen LogP contribution in [0.1, 0.15) is 47.8 Å². The fourth-order valence-electron chi connectivity index (χ4n) is 6.41. The van der Waals surface area contributed by atoms with Gasteiger partial charge in [-0.25, -0.2) is 0 Å². The second kappa shape index (κ2) is 8.61. The molecule has 160 valence electrons. The standard InChI is InChI=1S/C29H34N2/c1-31(2)29-18-25(23-14-8-4-9-15-23)28(26(19-29)24-16-10-5-11-17-24)27(20-29)30-21-22-12-6-3-7-13-22/h3-17,25-28,30H,18-21H2,1-2H3. The Labute approximate surface area is 187 Å². The van der Waals surface area contributed by atoms with Gasteiger partial charge >= 0.3 is 0 Å². The topological polar surface area (TPSA) is 15.3 Å². The minimum atomic E-state index is 0.226. The molecule has 3 fully saturated rings. The van der Waals surface area contributed by atoms with Gasteiger partial charge in [0.25, 0.3) is 0 Å². The molecule has 3 aromatic rings. The van der Waals surface area contributed by atoms with Crippen LogP contribution in [0.25, 0.3) is 0 Å². The van der Waals surface area contributed by atoms with Crippen molar-refractivity contribution in [1.82, 2.24) is 10.2 Å². The average molecular weight is 411 g/mol. The summed E-state index contributed by atoms with van der Waals surface area (Å²) in [5.41, 5.74) is 4.61. The van der Waals surface area contributed by atoms with E-state index in [0.29, 0.717) is 23.8 Å². The molecule has 3 saturated carbocycles. The van der Waals surface area contributed by atoms with Crippen molar-refractivity contribution in [2.75, 3.05) is 14.1 Å². The molecule has 6 rings (SSSR count). The van der Waals surface area contributed by atoms with Crippen LogP contribution in [0.3, 0.4) is 0 Å². The van der Waals surface area contributed by atoms with Gasteiger partial charge in [0.05, 0.1) is 0 Å². The highest BCUT2D eigenvalue weighted by atomic mass is 15.2. The quantitative estimate of drug-likeness (QED) is 0.550. The predicted molar refractivity (Wildman–Crippen MR) is 129 cm³/mol. The summed E-state index contributed by atoms with van der Waals surface area (Å²) in [4.78, 5) is 2.53. The maximum Gasteiger partial charge on any atom is 0.0230 e. The number of hydrogen-bond acceptors (Lipinski definition) is 2. The molecule has 0 heterocycles. The molecule has 0 amide bonds. The van der Waals surface area contributed by atoms with E-state index in [4.69, 9.17) is 0 Å². The number of hydrogen-bond donors (Lipinski definition) is 1. The molecule has 2 nitrogen and oxygen atoms in total. The summed E-state index contributed by atoms with van der Waals surface area (Å²) in [6.45, 7) is 0.939. The predicted octanol–water partition coefficient (Wildman–Crippen LogP) is 5.83. The number of fused-ring (bicyclic) bond motifs is 3. The summed E-state index contributed by atoms with van der Waals surface area (Å²) >= 11 is 0. The molecule has 2 bridgehead atoms. The molecule has 3 unspecified atom stereocenters. The van der Waals surface area contributed by atoms with Crippen LogP contribution >= 0.6 is 0 Å². The van der Waals surface area contributed by atoms with Crippen molar-refractivity contribution in [3.05, 3.63) is 108 Å². The van der Waals surface area contributed by atoms with Gasteiger partial charge in [0.1, 0.15) is 0 Å². The number of nitrogens with one attached hydrogen (secondary N) is 1. The van der Waals surface area contributed by atoms with Crippen LogP contribution in [0.15, 0.2) is 91.0 Å². The summed E-state index contributed by atoms with van der Waals surface area (Å²) < 4.78 is 0. The Balaban J connectivity index is 1.54. The Bertz CT molecular complexity index is 918. The Hall–Kier alpha value is -2.42. The second-order valence-corrected chi connectivity index (χ2v) is 9.82. The highest BCUT2D eigenvalue weighted by molar-refractivity contribution is 5.33. The van der Waals surface area contributed by atoms with Crippen LogP contribution in [0.5, 0.6) is 0 Å². The van der Waals surface area contributed by atoms with Gasteiger partial charge in [-0.3, -0.25) is 0 Å². The molecule has 0 aliphatic heterocycles. The van der Waals surface area contributed by atoms with E-state index in [1.54, 1.807) is 0 Å². The van der Waals surface area contributed by atoms with Crippen LogP contribution in [-0.4, -0.2) is 30.6 Å². The van der Waals surface area contributed by atoms with Gasteiger partial charge in [-0.15, -0.1) is 0 Å². The third kappa shape index (κ3) is 3.95. The monoisotopic (exact) mass is 410 g/mol. The van der Waals surface area contributed by atoms with Gasteiger partial charge in [-0.05, 0) is 67.8 Å². The molecule has 31 heavy (non-hydrogen) atoms. The van der Waals surface area contributed by atoms with E-state index in [0.717, 1.165) is 6.54 Å².